The molecule has 1 heterocycles. The minimum Gasteiger partial charge on any atom is -0.393 e. The molecule has 1 aromatic carbocycles. The number of carbonyl (C=O) groups excluding carboxylic acids is 1. The summed E-state index contributed by atoms with van der Waals surface area (Å²) >= 11 is 0. The highest BCUT2D eigenvalue weighted by Crippen LogP contribution is 2.28. The second-order valence-electron chi connectivity index (χ2n) is 5.50. The van der Waals surface area contributed by atoms with E-state index in [2.05, 4.69) is 22.2 Å². The first-order valence-corrected chi connectivity index (χ1v) is 7.72. The molecule has 1 aromatic heterocycles. The quantitative estimate of drug-likeness (QED) is 0.763. The number of unbranched alkanes of at least 4 members (excludes halogenated alkanes) is 1. The predicted molar refractivity (Wildman–Crippen MR) is 94.4 cm³/mol. The number of hydrogen-bond donors (Lipinski definition) is 2. The van der Waals surface area contributed by atoms with Crippen molar-refractivity contribution in [3.63, 3.8) is 0 Å². The molecular weight excluding hydrogens is 290 g/mol. The Morgan fingerprint density at radius 1 is 1.35 bits per heavy atom. The third-order valence-electron chi connectivity index (χ3n) is 3.60. The third-order valence-corrected chi connectivity index (χ3v) is 3.60. The molecule has 122 valence electrons. The van der Waals surface area contributed by atoms with E-state index in [0.717, 1.165) is 25.1 Å². The zero-order valence-corrected chi connectivity index (χ0v) is 13.8. The SMILES string of the molecule is CCCCN(C)c1ncnc(Nc2cccc(C(C)=O)c2)c1N. The van der Waals surface area contributed by atoms with Gasteiger partial charge in [-0.1, -0.05) is 25.5 Å². The number of aromatic nitrogens is 2. The largest absolute Gasteiger partial charge is 0.393 e. The molecule has 0 aliphatic heterocycles. The summed E-state index contributed by atoms with van der Waals surface area (Å²) in [5.41, 5.74) is 8.12. The Labute approximate surface area is 136 Å². The Balaban J connectivity index is 2.24. The van der Waals surface area contributed by atoms with Crippen LogP contribution in [0.25, 0.3) is 0 Å². The molecule has 0 fully saturated rings. The molecule has 0 saturated carbocycles. The molecule has 0 bridgehead atoms. The van der Waals surface area contributed by atoms with Crippen molar-refractivity contribution in [2.24, 2.45) is 0 Å². The number of nitrogens with zero attached hydrogens (tertiary/aromatic N) is 3. The Morgan fingerprint density at radius 3 is 2.83 bits per heavy atom. The van der Waals surface area contributed by atoms with E-state index < -0.39 is 0 Å². The number of rotatable bonds is 7. The van der Waals surface area contributed by atoms with Crippen LogP contribution in [0.1, 0.15) is 37.0 Å². The predicted octanol–water partition coefficient (Wildman–Crippen LogP) is 3.24. The van der Waals surface area contributed by atoms with Gasteiger partial charge in [-0.05, 0) is 25.5 Å². The van der Waals surface area contributed by atoms with Crippen molar-refractivity contribution in [3.05, 3.63) is 36.2 Å². The molecule has 0 spiro atoms. The minimum atomic E-state index is 0.0179. The Hall–Kier alpha value is -2.63. The molecule has 0 atom stereocenters. The zero-order chi connectivity index (χ0) is 16.8. The molecule has 0 aliphatic carbocycles. The van der Waals surface area contributed by atoms with Crippen LogP contribution in [0.15, 0.2) is 30.6 Å². The molecule has 23 heavy (non-hydrogen) atoms. The van der Waals surface area contributed by atoms with Crippen LogP contribution in [0, 0.1) is 0 Å². The molecular formula is C17H23N5O. The van der Waals surface area contributed by atoms with E-state index in [0.29, 0.717) is 22.9 Å². The lowest BCUT2D eigenvalue weighted by molar-refractivity contribution is 0.101. The molecule has 0 unspecified atom stereocenters. The van der Waals surface area contributed by atoms with Gasteiger partial charge in [-0.3, -0.25) is 4.79 Å². The van der Waals surface area contributed by atoms with Gasteiger partial charge in [0, 0.05) is 24.8 Å². The van der Waals surface area contributed by atoms with Crippen molar-refractivity contribution >= 4 is 28.8 Å². The molecule has 2 aromatic rings. The monoisotopic (exact) mass is 313 g/mol. The third kappa shape index (κ3) is 4.18. The van der Waals surface area contributed by atoms with E-state index in [1.807, 2.05) is 24.1 Å². The van der Waals surface area contributed by atoms with Crippen LogP contribution in [0.3, 0.4) is 0 Å². The van der Waals surface area contributed by atoms with E-state index in [9.17, 15) is 4.79 Å². The molecule has 6 nitrogen and oxygen atoms in total. The maximum atomic E-state index is 11.5. The summed E-state index contributed by atoms with van der Waals surface area (Å²) in [6, 6.07) is 7.25. The van der Waals surface area contributed by atoms with Crippen molar-refractivity contribution in [2.45, 2.75) is 26.7 Å². The number of nitrogens with two attached hydrogens (primary N) is 1. The number of nitrogen functional groups attached to an aromatic ring is 1. The Morgan fingerprint density at radius 2 is 2.13 bits per heavy atom. The molecule has 0 amide bonds. The molecule has 0 radical (unpaired) electrons. The van der Waals surface area contributed by atoms with Gasteiger partial charge < -0.3 is 16.0 Å². The van der Waals surface area contributed by atoms with Gasteiger partial charge in [-0.25, -0.2) is 9.97 Å². The molecule has 3 N–H and O–H groups in total. The summed E-state index contributed by atoms with van der Waals surface area (Å²) in [6.07, 6.45) is 3.67. The van der Waals surface area contributed by atoms with Crippen LogP contribution in [0.4, 0.5) is 23.0 Å². The van der Waals surface area contributed by atoms with Crippen molar-refractivity contribution in [1.82, 2.24) is 9.97 Å². The standard InChI is InChI=1S/C17H23N5O/c1-4-5-9-22(3)17-15(18)16(19-11-20-17)21-14-8-6-7-13(10-14)12(2)23/h6-8,10-11H,4-5,9,18H2,1-3H3,(H,19,20,21). The first-order chi connectivity index (χ1) is 11.0. The number of Topliss-reactive ketones (excluding diaryl/α,β-unsaturated/α-hetero) is 1. The summed E-state index contributed by atoms with van der Waals surface area (Å²) in [7, 11) is 1.97. The van der Waals surface area contributed by atoms with Crippen LogP contribution >= 0.6 is 0 Å². The Kier molecular flexibility index (Phi) is 5.51. The number of ketones is 1. The number of benzene rings is 1. The highest BCUT2D eigenvalue weighted by atomic mass is 16.1. The topological polar surface area (TPSA) is 84.1 Å². The Bertz CT molecular complexity index is 686. The summed E-state index contributed by atoms with van der Waals surface area (Å²) in [4.78, 5) is 22.0. The lowest BCUT2D eigenvalue weighted by Crippen LogP contribution is -2.21. The summed E-state index contributed by atoms with van der Waals surface area (Å²) in [5, 5.41) is 3.16. The van der Waals surface area contributed by atoms with Gasteiger partial charge in [0.15, 0.2) is 17.4 Å². The maximum Gasteiger partial charge on any atom is 0.159 e. The van der Waals surface area contributed by atoms with Crippen LogP contribution in [-0.4, -0.2) is 29.3 Å². The van der Waals surface area contributed by atoms with Gasteiger partial charge in [-0.15, -0.1) is 0 Å². The van der Waals surface area contributed by atoms with E-state index in [1.54, 1.807) is 19.1 Å². The summed E-state index contributed by atoms with van der Waals surface area (Å²) < 4.78 is 0. The normalized spacial score (nSPS) is 10.4. The average molecular weight is 313 g/mol. The highest BCUT2D eigenvalue weighted by Gasteiger charge is 2.12. The lowest BCUT2D eigenvalue weighted by Gasteiger charge is -2.20. The van der Waals surface area contributed by atoms with E-state index in [1.165, 1.54) is 6.33 Å². The summed E-state index contributed by atoms with van der Waals surface area (Å²) in [5.74, 6) is 1.27. The van der Waals surface area contributed by atoms with Crippen molar-refractivity contribution < 1.29 is 4.79 Å². The highest BCUT2D eigenvalue weighted by molar-refractivity contribution is 5.95. The minimum absolute atomic E-state index is 0.0179. The fraction of sp³-hybridized carbons (Fsp3) is 0.353. The number of anilines is 4. The number of hydrogen-bond acceptors (Lipinski definition) is 6. The van der Waals surface area contributed by atoms with Crippen molar-refractivity contribution in [2.75, 3.05) is 29.5 Å². The van der Waals surface area contributed by atoms with Crippen LogP contribution < -0.4 is 16.0 Å². The molecule has 0 saturated heterocycles. The second-order valence-corrected chi connectivity index (χ2v) is 5.50. The van der Waals surface area contributed by atoms with Crippen LogP contribution in [-0.2, 0) is 0 Å². The fourth-order valence-corrected chi connectivity index (χ4v) is 2.24. The van der Waals surface area contributed by atoms with E-state index >= 15 is 0 Å². The fourth-order valence-electron chi connectivity index (χ4n) is 2.24. The van der Waals surface area contributed by atoms with E-state index in [-0.39, 0.29) is 5.78 Å². The molecule has 2 rings (SSSR count). The van der Waals surface area contributed by atoms with Crippen LogP contribution in [0.5, 0.6) is 0 Å². The van der Waals surface area contributed by atoms with E-state index in [4.69, 9.17) is 5.73 Å². The molecule has 6 heteroatoms. The van der Waals surface area contributed by atoms with Gasteiger partial charge in [-0.2, -0.15) is 0 Å². The smallest absolute Gasteiger partial charge is 0.159 e. The average Bonchev–Trinajstić information content (AvgIpc) is 2.55. The lowest BCUT2D eigenvalue weighted by atomic mass is 10.1. The van der Waals surface area contributed by atoms with Gasteiger partial charge in [0.2, 0.25) is 0 Å². The first-order valence-electron chi connectivity index (χ1n) is 7.72. The van der Waals surface area contributed by atoms with Gasteiger partial charge in [0.05, 0.1) is 0 Å². The van der Waals surface area contributed by atoms with Crippen molar-refractivity contribution in [3.8, 4) is 0 Å². The number of carbonyl (C=O) groups is 1. The van der Waals surface area contributed by atoms with Gasteiger partial charge in [0.1, 0.15) is 12.0 Å². The zero-order valence-electron chi connectivity index (χ0n) is 13.8. The van der Waals surface area contributed by atoms with Crippen molar-refractivity contribution in [1.29, 1.82) is 0 Å². The first kappa shape index (κ1) is 16.7. The number of nitrogens with one attached hydrogen (secondary N) is 1. The summed E-state index contributed by atoms with van der Waals surface area (Å²) in [6.45, 7) is 4.57. The molecule has 0 aliphatic rings. The van der Waals surface area contributed by atoms with Crippen LogP contribution in [0.2, 0.25) is 0 Å². The van der Waals surface area contributed by atoms with Gasteiger partial charge >= 0.3 is 0 Å². The maximum absolute atomic E-state index is 11.5. The second kappa shape index (κ2) is 7.58. The van der Waals surface area contributed by atoms with Gasteiger partial charge in [0.25, 0.3) is 0 Å².